The second-order valence-corrected chi connectivity index (χ2v) is 9.68. The number of amides is 1. The molecule has 1 amide bonds. The molecule has 2 saturated heterocycles. The zero-order chi connectivity index (χ0) is 21.2. The van der Waals surface area contributed by atoms with Gasteiger partial charge in [-0.2, -0.15) is 0 Å². The molecule has 0 radical (unpaired) electrons. The molecule has 0 aliphatic carbocycles. The van der Waals surface area contributed by atoms with Crippen molar-refractivity contribution in [2.75, 3.05) is 13.2 Å². The van der Waals surface area contributed by atoms with E-state index in [1.54, 1.807) is 4.90 Å². The summed E-state index contributed by atoms with van der Waals surface area (Å²) in [6.07, 6.45) is 2.54. The van der Waals surface area contributed by atoms with Gasteiger partial charge in [-0.05, 0) is 66.9 Å². The fourth-order valence-electron chi connectivity index (χ4n) is 4.02. The van der Waals surface area contributed by atoms with Gasteiger partial charge in [0.15, 0.2) is 0 Å². The lowest BCUT2D eigenvalue weighted by atomic mass is 9.74. The lowest BCUT2D eigenvalue weighted by Crippen LogP contribution is -2.52. The van der Waals surface area contributed by atoms with Gasteiger partial charge in [0.05, 0.1) is 11.6 Å². The van der Waals surface area contributed by atoms with Crippen molar-refractivity contribution in [2.24, 2.45) is 0 Å². The summed E-state index contributed by atoms with van der Waals surface area (Å²) < 4.78 is 23.9. The predicted octanol–water partition coefficient (Wildman–Crippen LogP) is 3.76. The van der Waals surface area contributed by atoms with Gasteiger partial charge in [-0.3, -0.25) is 0 Å². The SMILES string of the molecule is CC1CC(C)(C)OB(c2ccccc2OCC2CCCN2C(=O)OC(C)(C)C)O1. The molecule has 2 aliphatic rings. The zero-order valence-electron chi connectivity index (χ0n) is 18.6. The molecule has 0 saturated carbocycles. The number of carbonyl (C=O) groups excluding carboxylic acids is 1. The van der Waals surface area contributed by atoms with Crippen LogP contribution >= 0.6 is 0 Å². The first-order valence-electron chi connectivity index (χ1n) is 10.6. The van der Waals surface area contributed by atoms with E-state index in [9.17, 15) is 4.79 Å². The molecule has 1 aromatic rings. The molecule has 6 nitrogen and oxygen atoms in total. The van der Waals surface area contributed by atoms with E-state index in [2.05, 4.69) is 20.8 Å². The Bertz CT molecular complexity index is 717. The molecule has 1 aromatic carbocycles. The Labute approximate surface area is 175 Å². The highest BCUT2D eigenvalue weighted by atomic mass is 16.6. The van der Waals surface area contributed by atoms with Crippen LogP contribution in [0.1, 0.15) is 60.8 Å². The summed E-state index contributed by atoms with van der Waals surface area (Å²) in [6, 6.07) is 7.82. The van der Waals surface area contributed by atoms with E-state index in [1.807, 2.05) is 45.0 Å². The molecule has 3 rings (SSSR count). The number of para-hydroxylation sites is 1. The highest BCUT2D eigenvalue weighted by Gasteiger charge is 2.40. The van der Waals surface area contributed by atoms with Crippen molar-refractivity contribution < 1.29 is 23.6 Å². The molecule has 29 heavy (non-hydrogen) atoms. The third-order valence-electron chi connectivity index (χ3n) is 5.17. The molecule has 7 heteroatoms. The lowest BCUT2D eigenvalue weighted by Gasteiger charge is -2.38. The largest absolute Gasteiger partial charge is 0.498 e. The third-order valence-corrected chi connectivity index (χ3v) is 5.17. The first-order chi connectivity index (χ1) is 13.5. The molecule has 0 spiro atoms. The predicted molar refractivity (Wildman–Crippen MR) is 114 cm³/mol. The van der Waals surface area contributed by atoms with Crippen molar-refractivity contribution in [3.05, 3.63) is 24.3 Å². The van der Waals surface area contributed by atoms with E-state index < -0.39 is 12.7 Å². The van der Waals surface area contributed by atoms with Gasteiger partial charge in [0, 0.05) is 18.1 Å². The van der Waals surface area contributed by atoms with Crippen molar-refractivity contribution in [3.8, 4) is 5.75 Å². The molecule has 0 aromatic heterocycles. The number of benzene rings is 1. The Morgan fingerprint density at radius 2 is 2.03 bits per heavy atom. The first kappa shape index (κ1) is 22.0. The summed E-state index contributed by atoms with van der Waals surface area (Å²) in [5.41, 5.74) is 0.125. The number of carbonyl (C=O) groups is 1. The Balaban J connectivity index is 1.68. The monoisotopic (exact) mass is 403 g/mol. The topological polar surface area (TPSA) is 57.2 Å². The Kier molecular flexibility index (Phi) is 6.49. The fraction of sp³-hybridized carbons (Fsp3) is 0.682. The van der Waals surface area contributed by atoms with Gasteiger partial charge in [0.1, 0.15) is 18.0 Å². The van der Waals surface area contributed by atoms with E-state index in [4.69, 9.17) is 18.8 Å². The maximum absolute atomic E-state index is 12.5. The third kappa shape index (κ3) is 5.89. The molecular weight excluding hydrogens is 369 g/mol. The van der Waals surface area contributed by atoms with E-state index in [1.165, 1.54) is 0 Å². The number of rotatable bonds is 4. The zero-order valence-corrected chi connectivity index (χ0v) is 18.6. The smallest absolute Gasteiger partial charge is 0.492 e. The summed E-state index contributed by atoms with van der Waals surface area (Å²) in [7, 11) is -0.463. The summed E-state index contributed by atoms with van der Waals surface area (Å²) in [5.74, 6) is 0.735. The quantitative estimate of drug-likeness (QED) is 0.717. The minimum atomic E-state index is -0.503. The Morgan fingerprint density at radius 1 is 1.31 bits per heavy atom. The van der Waals surface area contributed by atoms with Crippen LogP contribution in [-0.2, 0) is 14.0 Å². The molecule has 2 fully saturated rings. The van der Waals surface area contributed by atoms with Crippen molar-refractivity contribution in [1.82, 2.24) is 4.90 Å². The molecule has 2 aliphatic heterocycles. The molecule has 0 bridgehead atoms. The van der Waals surface area contributed by atoms with Gasteiger partial charge in [-0.25, -0.2) is 4.79 Å². The average Bonchev–Trinajstić information content (AvgIpc) is 3.05. The standard InChI is InChI=1S/C22H34BNO5/c1-16-14-22(5,6)29-23(28-16)18-11-7-8-12-19(18)26-15-17-10-9-13-24(17)20(25)27-21(2,3)4/h7-8,11-12,16-17H,9-10,13-15H2,1-6H3. The highest BCUT2D eigenvalue weighted by Crippen LogP contribution is 2.27. The van der Waals surface area contributed by atoms with Crippen LogP contribution in [0.3, 0.4) is 0 Å². The second kappa shape index (κ2) is 8.56. The number of likely N-dealkylation sites (tertiary alicyclic amines) is 1. The first-order valence-corrected chi connectivity index (χ1v) is 10.6. The van der Waals surface area contributed by atoms with Crippen LogP contribution in [0.4, 0.5) is 4.79 Å². The number of hydrogen-bond acceptors (Lipinski definition) is 5. The molecule has 2 atom stereocenters. The van der Waals surface area contributed by atoms with E-state index in [0.29, 0.717) is 13.2 Å². The van der Waals surface area contributed by atoms with Crippen molar-refractivity contribution in [1.29, 1.82) is 0 Å². The van der Waals surface area contributed by atoms with Crippen LogP contribution in [0.2, 0.25) is 0 Å². The molecule has 2 unspecified atom stereocenters. The summed E-state index contributed by atoms with van der Waals surface area (Å²) >= 11 is 0. The van der Waals surface area contributed by atoms with Crippen LogP contribution in [0.25, 0.3) is 0 Å². The van der Waals surface area contributed by atoms with Crippen LogP contribution in [0, 0.1) is 0 Å². The summed E-state index contributed by atoms with van der Waals surface area (Å²) in [4.78, 5) is 14.3. The van der Waals surface area contributed by atoms with Crippen molar-refractivity contribution in [3.63, 3.8) is 0 Å². The van der Waals surface area contributed by atoms with Gasteiger partial charge >= 0.3 is 13.2 Å². The van der Waals surface area contributed by atoms with Crippen LogP contribution in [0.15, 0.2) is 24.3 Å². The summed E-state index contributed by atoms with van der Waals surface area (Å²) in [6.45, 7) is 13.0. The number of ether oxygens (including phenoxy) is 2. The normalized spacial score (nSPS) is 24.5. The fourth-order valence-corrected chi connectivity index (χ4v) is 4.02. The van der Waals surface area contributed by atoms with Crippen LogP contribution < -0.4 is 10.2 Å². The second-order valence-electron chi connectivity index (χ2n) is 9.68. The van der Waals surface area contributed by atoms with Crippen molar-refractivity contribution >= 4 is 18.7 Å². The summed E-state index contributed by atoms with van der Waals surface area (Å²) in [5, 5.41) is 0. The van der Waals surface area contributed by atoms with Gasteiger partial charge in [0.25, 0.3) is 0 Å². The number of hydrogen-bond donors (Lipinski definition) is 0. The molecular formula is C22H34BNO5. The maximum Gasteiger partial charge on any atom is 0.498 e. The highest BCUT2D eigenvalue weighted by molar-refractivity contribution is 6.62. The van der Waals surface area contributed by atoms with Gasteiger partial charge in [0.2, 0.25) is 0 Å². The van der Waals surface area contributed by atoms with Gasteiger partial charge < -0.3 is 23.7 Å². The van der Waals surface area contributed by atoms with Crippen LogP contribution in [0.5, 0.6) is 5.75 Å². The average molecular weight is 403 g/mol. The van der Waals surface area contributed by atoms with Crippen molar-refractivity contribution in [2.45, 2.75) is 84.2 Å². The Hall–Kier alpha value is -1.73. The van der Waals surface area contributed by atoms with Gasteiger partial charge in [-0.1, -0.05) is 18.2 Å². The van der Waals surface area contributed by atoms with Crippen LogP contribution in [-0.4, -0.2) is 54.6 Å². The van der Waals surface area contributed by atoms with E-state index in [0.717, 1.165) is 30.5 Å². The minimum absolute atomic E-state index is 0.00135. The Morgan fingerprint density at radius 3 is 2.72 bits per heavy atom. The lowest BCUT2D eigenvalue weighted by molar-refractivity contribution is -0.0232. The minimum Gasteiger partial charge on any atom is -0.492 e. The molecule has 160 valence electrons. The molecule has 2 heterocycles. The molecule has 0 N–H and O–H groups in total. The maximum atomic E-state index is 12.5. The van der Waals surface area contributed by atoms with E-state index in [-0.39, 0.29) is 23.8 Å². The number of nitrogens with zero attached hydrogens (tertiary/aromatic N) is 1. The van der Waals surface area contributed by atoms with Gasteiger partial charge in [-0.15, -0.1) is 0 Å². The van der Waals surface area contributed by atoms with E-state index >= 15 is 0 Å².